The molecule has 2 rings (SSSR count). The van der Waals surface area contributed by atoms with Crippen LogP contribution in [0.5, 0.6) is 0 Å². The van der Waals surface area contributed by atoms with Crippen LogP contribution >= 0.6 is 0 Å². The molecule has 0 N–H and O–H groups in total. The average molecular weight is 284 g/mol. The van der Waals surface area contributed by atoms with Gasteiger partial charge in [-0.2, -0.15) is 0 Å². The normalized spacial score (nSPS) is 24.9. The molecule has 2 aliphatic heterocycles. The lowest BCUT2D eigenvalue weighted by molar-refractivity contribution is -0.154. The Kier molecular flexibility index (Phi) is 7.24. The molecule has 20 heavy (non-hydrogen) atoms. The van der Waals surface area contributed by atoms with E-state index in [0.29, 0.717) is 13.2 Å². The number of piperidine rings is 1. The Morgan fingerprint density at radius 1 is 0.950 bits per heavy atom. The third-order valence-electron chi connectivity index (χ3n) is 4.37. The zero-order chi connectivity index (χ0) is 14.2. The molecule has 2 fully saturated rings. The second-order valence-electron chi connectivity index (χ2n) is 6.16. The number of hydrogen-bond donors (Lipinski definition) is 0. The zero-order valence-electron chi connectivity index (χ0n) is 12.9. The summed E-state index contributed by atoms with van der Waals surface area (Å²) in [5.74, 6) is 0. The van der Waals surface area contributed by atoms with Gasteiger partial charge in [-0.05, 0) is 39.4 Å². The van der Waals surface area contributed by atoms with E-state index in [1.54, 1.807) is 0 Å². The molecule has 1 atom stereocenters. The van der Waals surface area contributed by atoms with Crippen molar-refractivity contribution >= 4 is 0 Å². The van der Waals surface area contributed by atoms with Crippen LogP contribution in [0.3, 0.4) is 0 Å². The highest BCUT2D eigenvalue weighted by Crippen LogP contribution is 2.09. The van der Waals surface area contributed by atoms with E-state index in [2.05, 4.69) is 21.7 Å². The molecule has 0 aliphatic carbocycles. The van der Waals surface area contributed by atoms with Crippen molar-refractivity contribution in [2.45, 2.75) is 32.0 Å². The van der Waals surface area contributed by atoms with Crippen molar-refractivity contribution in [3.63, 3.8) is 0 Å². The maximum Gasteiger partial charge on any atom is 0.204 e. The number of piperazine rings is 1. The molecule has 0 amide bonds. The second kappa shape index (κ2) is 8.95. The highest BCUT2D eigenvalue weighted by atomic mass is 16.6. The molecule has 0 saturated carbocycles. The first-order valence-corrected chi connectivity index (χ1v) is 8.15. The fourth-order valence-electron chi connectivity index (χ4n) is 2.98. The molecule has 2 saturated heterocycles. The van der Waals surface area contributed by atoms with Crippen LogP contribution in [0.1, 0.15) is 25.7 Å². The van der Waals surface area contributed by atoms with E-state index in [9.17, 15) is 5.11 Å². The maximum absolute atomic E-state index is 11.8. The summed E-state index contributed by atoms with van der Waals surface area (Å²) >= 11 is 0. The Morgan fingerprint density at radius 2 is 1.65 bits per heavy atom. The number of likely N-dealkylation sites (tertiary alicyclic amines) is 1. The van der Waals surface area contributed by atoms with Crippen LogP contribution in [-0.4, -0.2) is 87.0 Å². The lowest BCUT2D eigenvalue weighted by atomic mass is 10.1. The van der Waals surface area contributed by atoms with Gasteiger partial charge in [0.1, 0.15) is 0 Å². The standard InChI is InChI=1S/C15H30N3O2/c1-16-9-11-18(12-10-16)14-15(19)20-13-5-8-17-6-3-2-4-7-17/h15H,2-14H2,1H3. The van der Waals surface area contributed by atoms with Crippen molar-refractivity contribution in [3.8, 4) is 0 Å². The first-order chi connectivity index (χ1) is 9.74. The summed E-state index contributed by atoms with van der Waals surface area (Å²) in [5, 5.41) is 11.8. The predicted molar refractivity (Wildman–Crippen MR) is 79.3 cm³/mol. The fourth-order valence-corrected chi connectivity index (χ4v) is 2.98. The van der Waals surface area contributed by atoms with E-state index in [4.69, 9.17) is 4.74 Å². The molecule has 0 spiro atoms. The maximum atomic E-state index is 11.8. The lowest BCUT2D eigenvalue weighted by Crippen LogP contribution is -2.47. The summed E-state index contributed by atoms with van der Waals surface area (Å²) < 4.78 is 5.43. The van der Waals surface area contributed by atoms with Crippen LogP contribution in [0.25, 0.3) is 0 Å². The third kappa shape index (κ3) is 6.06. The molecular formula is C15H30N3O2. The SMILES string of the molecule is CN1CCN(CC([O])OCCCN2CCCCC2)CC1. The van der Waals surface area contributed by atoms with Crippen LogP contribution < -0.4 is 0 Å². The van der Waals surface area contributed by atoms with Crippen LogP contribution in [0, 0.1) is 0 Å². The molecule has 0 aromatic carbocycles. The fraction of sp³-hybridized carbons (Fsp3) is 1.00. The Morgan fingerprint density at radius 3 is 2.35 bits per heavy atom. The van der Waals surface area contributed by atoms with Crippen molar-refractivity contribution in [2.75, 3.05) is 66.0 Å². The van der Waals surface area contributed by atoms with E-state index >= 15 is 0 Å². The van der Waals surface area contributed by atoms with Gasteiger partial charge in [0, 0.05) is 32.7 Å². The summed E-state index contributed by atoms with van der Waals surface area (Å²) in [6, 6.07) is 0. The van der Waals surface area contributed by atoms with Crippen molar-refractivity contribution in [1.82, 2.24) is 14.7 Å². The number of likely N-dealkylation sites (N-methyl/N-ethyl adjacent to an activating group) is 1. The highest BCUT2D eigenvalue weighted by Gasteiger charge is 2.18. The van der Waals surface area contributed by atoms with Gasteiger partial charge in [0.2, 0.25) is 6.29 Å². The summed E-state index contributed by atoms with van der Waals surface area (Å²) in [6.45, 7) is 8.78. The van der Waals surface area contributed by atoms with Gasteiger partial charge in [-0.15, -0.1) is 0 Å². The summed E-state index contributed by atoms with van der Waals surface area (Å²) in [6.07, 6.45) is 4.14. The topological polar surface area (TPSA) is 38.9 Å². The second-order valence-corrected chi connectivity index (χ2v) is 6.16. The van der Waals surface area contributed by atoms with Crippen molar-refractivity contribution in [1.29, 1.82) is 0 Å². The molecule has 1 unspecified atom stereocenters. The van der Waals surface area contributed by atoms with E-state index in [-0.39, 0.29) is 0 Å². The van der Waals surface area contributed by atoms with Gasteiger partial charge in [-0.1, -0.05) is 6.42 Å². The van der Waals surface area contributed by atoms with E-state index in [1.807, 2.05) is 0 Å². The minimum atomic E-state index is -0.875. The summed E-state index contributed by atoms with van der Waals surface area (Å²) in [5.41, 5.74) is 0. The van der Waals surface area contributed by atoms with E-state index in [1.165, 1.54) is 32.4 Å². The van der Waals surface area contributed by atoms with Gasteiger partial charge >= 0.3 is 0 Å². The third-order valence-corrected chi connectivity index (χ3v) is 4.37. The van der Waals surface area contributed by atoms with Crippen LogP contribution in [-0.2, 0) is 9.84 Å². The van der Waals surface area contributed by atoms with Gasteiger partial charge in [-0.25, -0.2) is 5.11 Å². The number of rotatable bonds is 7. The van der Waals surface area contributed by atoms with Gasteiger partial charge < -0.3 is 14.5 Å². The Balaban J connectivity index is 1.48. The number of nitrogens with zero attached hydrogens (tertiary/aromatic N) is 3. The summed E-state index contributed by atoms with van der Waals surface area (Å²) in [4.78, 5) is 7.02. The van der Waals surface area contributed by atoms with Gasteiger partial charge in [0.25, 0.3) is 0 Å². The Bertz CT molecular complexity index is 252. The lowest BCUT2D eigenvalue weighted by Gasteiger charge is -2.33. The predicted octanol–water partition coefficient (Wildman–Crippen LogP) is 0.883. The molecule has 2 heterocycles. The molecular weight excluding hydrogens is 254 g/mol. The molecule has 2 aliphatic rings. The average Bonchev–Trinajstić information content (AvgIpc) is 2.47. The van der Waals surface area contributed by atoms with Gasteiger partial charge in [0.05, 0.1) is 13.2 Å². The molecule has 117 valence electrons. The molecule has 0 aromatic rings. The van der Waals surface area contributed by atoms with Gasteiger partial charge in [0.15, 0.2) is 0 Å². The first-order valence-electron chi connectivity index (χ1n) is 8.15. The monoisotopic (exact) mass is 284 g/mol. The molecule has 0 bridgehead atoms. The van der Waals surface area contributed by atoms with Gasteiger partial charge in [-0.3, -0.25) is 4.90 Å². The van der Waals surface area contributed by atoms with Crippen LogP contribution in [0.15, 0.2) is 0 Å². The molecule has 1 radical (unpaired) electrons. The summed E-state index contributed by atoms with van der Waals surface area (Å²) in [7, 11) is 2.13. The van der Waals surface area contributed by atoms with E-state index < -0.39 is 6.29 Å². The first kappa shape index (κ1) is 16.2. The quantitative estimate of drug-likeness (QED) is 0.514. The molecule has 5 heteroatoms. The number of ether oxygens (including phenoxy) is 1. The minimum Gasteiger partial charge on any atom is -0.349 e. The van der Waals surface area contributed by atoms with Crippen molar-refractivity contribution in [2.24, 2.45) is 0 Å². The van der Waals surface area contributed by atoms with Crippen LogP contribution in [0.2, 0.25) is 0 Å². The molecule has 0 aromatic heterocycles. The van der Waals surface area contributed by atoms with Crippen LogP contribution in [0.4, 0.5) is 0 Å². The highest BCUT2D eigenvalue weighted by molar-refractivity contribution is 4.70. The molecule has 5 nitrogen and oxygen atoms in total. The smallest absolute Gasteiger partial charge is 0.204 e. The largest absolute Gasteiger partial charge is 0.349 e. The Labute approximate surface area is 123 Å². The van der Waals surface area contributed by atoms with E-state index in [0.717, 1.165) is 39.1 Å². The van der Waals surface area contributed by atoms with Crippen molar-refractivity contribution < 1.29 is 9.84 Å². The minimum absolute atomic E-state index is 0.539. The Hall–Kier alpha value is -0.200. The number of hydrogen-bond acceptors (Lipinski definition) is 4. The van der Waals surface area contributed by atoms with Crippen molar-refractivity contribution in [3.05, 3.63) is 0 Å². The zero-order valence-corrected chi connectivity index (χ0v) is 12.9.